The zero-order valence-electron chi connectivity index (χ0n) is 21.1. The Balaban J connectivity index is 4.29. The van der Waals surface area contributed by atoms with E-state index in [1.165, 1.54) is 122 Å². The first-order chi connectivity index (χ1) is 14.7. The van der Waals surface area contributed by atoms with Crippen molar-refractivity contribution in [1.29, 1.82) is 0 Å². The Kier molecular flexibility index (Phi) is 22.7. The predicted molar refractivity (Wildman–Crippen MR) is 133 cm³/mol. The Morgan fingerprint density at radius 3 is 1.27 bits per heavy atom. The second-order valence-corrected chi connectivity index (χ2v) is 9.81. The van der Waals surface area contributed by atoms with Crippen LogP contribution in [0.2, 0.25) is 0 Å². The van der Waals surface area contributed by atoms with Crippen molar-refractivity contribution in [2.24, 2.45) is 11.8 Å². The van der Waals surface area contributed by atoms with Gasteiger partial charge in [-0.2, -0.15) is 0 Å². The average Bonchev–Trinajstić information content (AvgIpc) is 2.73. The van der Waals surface area contributed by atoms with Gasteiger partial charge < -0.3 is 5.11 Å². The third-order valence-corrected chi connectivity index (χ3v) is 6.81. The maximum atomic E-state index is 11.8. The van der Waals surface area contributed by atoms with Gasteiger partial charge in [0.15, 0.2) is 0 Å². The second kappa shape index (κ2) is 23.1. The van der Waals surface area contributed by atoms with Crippen molar-refractivity contribution < 1.29 is 9.90 Å². The molecule has 2 unspecified atom stereocenters. The quantitative estimate of drug-likeness (QED) is 0.156. The summed E-state index contributed by atoms with van der Waals surface area (Å²) in [6, 6.07) is 0. The first kappa shape index (κ1) is 29.5. The highest BCUT2D eigenvalue weighted by molar-refractivity contribution is 5.69. The van der Waals surface area contributed by atoms with Gasteiger partial charge in [-0.05, 0) is 18.8 Å². The third kappa shape index (κ3) is 19.4. The lowest BCUT2D eigenvalue weighted by Crippen LogP contribution is -2.18. The highest BCUT2D eigenvalue weighted by atomic mass is 16.4. The molecule has 0 aromatic heterocycles. The summed E-state index contributed by atoms with van der Waals surface area (Å²) in [5.41, 5.74) is 0. The molecular weight excluding hydrogens is 368 g/mol. The van der Waals surface area contributed by atoms with Gasteiger partial charge >= 0.3 is 5.97 Å². The molecule has 0 saturated carbocycles. The molecule has 0 aliphatic heterocycles. The molecule has 0 saturated heterocycles. The first-order valence-electron chi connectivity index (χ1n) is 13.9. The molecule has 0 rings (SSSR count). The molecule has 0 radical (unpaired) electrons. The topological polar surface area (TPSA) is 37.3 Å². The lowest BCUT2D eigenvalue weighted by atomic mass is 9.84. The molecule has 0 amide bonds. The van der Waals surface area contributed by atoms with Crippen molar-refractivity contribution in [2.45, 2.75) is 162 Å². The van der Waals surface area contributed by atoms with Crippen LogP contribution in [0.5, 0.6) is 0 Å². The maximum Gasteiger partial charge on any atom is 0.306 e. The van der Waals surface area contributed by atoms with Gasteiger partial charge in [0.2, 0.25) is 0 Å². The summed E-state index contributed by atoms with van der Waals surface area (Å²) in [6.45, 7) is 6.76. The molecule has 0 aliphatic rings. The number of hydrogen-bond acceptors (Lipinski definition) is 1. The molecule has 2 heteroatoms. The molecule has 0 fully saturated rings. The minimum absolute atomic E-state index is 0.110. The highest BCUT2D eigenvalue weighted by Crippen LogP contribution is 2.28. The van der Waals surface area contributed by atoms with Gasteiger partial charge in [-0.3, -0.25) is 4.79 Å². The van der Waals surface area contributed by atoms with E-state index in [2.05, 4.69) is 20.8 Å². The predicted octanol–water partition coefficient (Wildman–Crippen LogP) is 9.95. The van der Waals surface area contributed by atoms with E-state index in [1.54, 1.807) is 0 Å². The van der Waals surface area contributed by atoms with Crippen molar-refractivity contribution in [3.05, 3.63) is 0 Å². The molecule has 180 valence electrons. The number of rotatable bonds is 24. The molecule has 30 heavy (non-hydrogen) atoms. The van der Waals surface area contributed by atoms with Gasteiger partial charge in [0.1, 0.15) is 0 Å². The molecule has 1 N–H and O–H groups in total. The van der Waals surface area contributed by atoms with E-state index >= 15 is 0 Å². The Morgan fingerprint density at radius 2 is 0.867 bits per heavy atom. The molecule has 0 heterocycles. The highest BCUT2D eigenvalue weighted by Gasteiger charge is 2.22. The third-order valence-electron chi connectivity index (χ3n) is 6.81. The van der Waals surface area contributed by atoms with E-state index < -0.39 is 5.97 Å². The van der Waals surface area contributed by atoms with Crippen LogP contribution in [0.25, 0.3) is 0 Å². The fraction of sp³-hybridized carbons (Fsp3) is 0.964. The van der Waals surface area contributed by atoms with Gasteiger partial charge in [-0.25, -0.2) is 0 Å². The van der Waals surface area contributed by atoms with Crippen molar-refractivity contribution in [2.75, 3.05) is 0 Å². The Hall–Kier alpha value is -0.530. The summed E-state index contributed by atoms with van der Waals surface area (Å²) < 4.78 is 0. The van der Waals surface area contributed by atoms with E-state index in [-0.39, 0.29) is 5.92 Å². The lowest BCUT2D eigenvalue weighted by Gasteiger charge is -2.21. The summed E-state index contributed by atoms with van der Waals surface area (Å²) in [6.07, 6.45) is 28.0. The van der Waals surface area contributed by atoms with Gasteiger partial charge in [0.05, 0.1) is 5.92 Å². The fourth-order valence-corrected chi connectivity index (χ4v) is 4.72. The van der Waals surface area contributed by atoms with Crippen LogP contribution in [0.4, 0.5) is 0 Å². The largest absolute Gasteiger partial charge is 0.481 e. The molecular formula is C28H56O2. The van der Waals surface area contributed by atoms with E-state index in [0.29, 0.717) is 5.92 Å². The van der Waals surface area contributed by atoms with Gasteiger partial charge in [0, 0.05) is 0 Å². The summed E-state index contributed by atoms with van der Waals surface area (Å²) in [4.78, 5) is 11.8. The van der Waals surface area contributed by atoms with Crippen LogP contribution < -0.4 is 0 Å². The van der Waals surface area contributed by atoms with Crippen molar-refractivity contribution >= 4 is 5.97 Å². The molecule has 0 aromatic carbocycles. The second-order valence-electron chi connectivity index (χ2n) is 9.81. The number of carboxylic acid groups (broad SMARTS) is 1. The van der Waals surface area contributed by atoms with E-state index in [9.17, 15) is 9.90 Å². The Labute approximate surface area is 190 Å². The fourth-order valence-electron chi connectivity index (χ4n) is 4.72. The maximum absolute atomic E-state index is 11.8. The summed E-state index contributed by atoms with van der Waals surface area (Å²) in [5, 5.41) is 9.76. The van der Waals surface area contributed by atoms with Crippen molar-refractivity contribution in [3.8, 4) is 0 Å². The first-order valence-corrected chi connectivity index (χ1v) is 13.9. The average molecular weight is 425 g/mol. The number of unbranched alkanes of at least 4 members (excludes halogenated alkanes) is 15. The van der Waals surface area contributed by atoms with Gasteiger partial charge in [-0.15, -0.1) is 0 Å². The molecule has 0 bridgehead atoms. The Bertz CT molecular complexity index is 353. The minimum atomic E-state index is -0.546. The summed E-state index contributed by atoms with van der Waals surface area (Å²) in [7, 11) is 0. The SMILES string of the molecule is CCCCCCCCCCC(CCCCCCCC)CC(CCCCCC)C(=O)O. The number of carboxylic acids is 1. The lowest BCUT2D eigenvalue weighted by molar-refractivity contribution is -0.142. The van der Waals surface area contributed by atoms with E-state index in [4.69, 9.17) is 0 Å². The van der Waals surface area contributed by atoms with Crippen LogP contribution >= 0.6 is 0 Å². The van der Waals surface area contributed by atoms with Crippen molar-refractivity contribution in [1.82, 2.24) is 0 Å². The van der Waals surface area contributed by atoms with Crippen LogP contribution in [0.15, 0.2) is 0 Å². The van der Waals surface area contributed by atoms with E-state index in [0.717, 1.165) is 19.3 Å². The number of carbonyl (C=O) groups is 1. The van der Waals surface area contributed by atoms with Crippen LogP contribution in [-0.4, -0.2) is 11.1 Å². The molecule has 0 aliphatic carbocycles. The molecule has 0 aromatic rings. The van der Waals surface area contributed by atoms with Crippen LogP contribution in [0, 0.1) is 11.8 Å². The molecule has 0 spiro atoms. The van der Waals surface area contributed by atoms with Gasteiger partial charge in [0.25, 0.3) is 0 Å². The Morgan fingerprint density at radius 1 is 0.533 bits per heavy atom. The van der Waals surface area contributed by atoms with Gasteiger partial charge in [-0.1, -0.05) is 149 Å². The van der Waals surface area contributed by atoms with Crippen LogP contribution in [0.3, 0.4) is 0 Å². The zero-order chi connectivity index (χ0) is 22.3. The monoisotopic (exact) mass is 424 g/mol. The standard InChI is InChI=1S/C28H56O2/c1-4-7-10-13-15-16-18-20-23-26(22-19-17-14-11-8-5-2)25-27(28(29)30)24-21-12-9-6-3/h26-27H,4-25H2,1-3H3,(H,29,30). The normalized spacial score (nSPS) is 13.4. The summed E-state index contributed by atoms with van der Waals surface area (Å²) >= 11 is 0. The van der Waals surface area contributed by atoms with Crippen LogP contribution in [0.1, 0.15) is 162 Å². The zero-order valence-corrected chi connectivity index (χ0v) is 21.1. The molecule has 2 nitrogen and oxygen atoms in total. The minimum Gasteiger partial charge on any atom is -0.481 e. The summed E-state index contributed by atoms with van der Waals surface area (Å²) in [5.74, 6) is -0.0279. The number of aliphatic carboxylic acids is 1. The molecule has 2 atom stereocenters. The number of hydrogen-bond donors (Lipinski definition) is 1. The smallest absolute Gasteiger partial charge is 0.306 e. The van der Waals surface area contributed by atoms with E-state index in [1.807, 2.05) is 0 Å². The van der Waals surface area contributed by atoms with Crippen molar-refractivity contribution in [3.63, 3.8) is 0 Å². The van der Waals surface area contributed by atoms with Crippen LogP contribution in [-0.2, 0) is 4.79 Å².